The predicted molar refractivity (Wildman–Crippen MR) is 158 cm³/mol. The number of urea groups is 1. The van der Waals surface area contributed by atoms with Crippen LogP contribution in [0.15, 0.2) is 54.1 Å². The van der Waals surface area contributed by atoms with E-state index in [1.165, 1.54) is 24.3 Å². The van der Waals surface area contributed by atoms with E-state index < -0.39 is 23.8 Å². The number of aryl methyl sites for hydroxylation is 3. The van der Waals surface area contributed by atoms with Crippen molar-refractivity contribution in [2.45, 2.75) is 27.7 Å². The summed E-state index contributed by atoms with van der Waals surface area (Å²) in [5, 5.41) is 5.39. The van der Waals surface area contributed by atoms with E-state index >= 15 is 0 Å². The number of anilines is 2. The quantitative estimate of drug-likeness (QED) is 0.244. The minimum Gasteiger partial charge on any atom is -0.490 e. The average Bonchev–Trinajstić information content (AvgIpc) is 2.90. The van der Waals surface area contributed by atoms with Crippen molar-refractivity contribution in [3.8, 4) is 11.5 Å². The number of ether oxygens (including phenoxy) is 2. The summed E-state index contributed by atoms with van der Waals surface area (Å²) in [7, 11) is 0. The van der Waals surface area contributed by atoms with Gasteiger partial charge in [-0.15, -0.1) is 0 Å². The lowest BCUT2D eigenvalue weighted by molar-refractivity contribution is -0.122. The van der Waals surface area contributed by atoms with Crippen LogP contribution in [0.4, 0.5) is 16.2 Å². The van der Waals surface area contributed by atoms with Crippen molar-refractivity contribution >= 4 is 64.4 Å². The van der Waals surface area contributed by atoms with Crippen LogP contribution in [-0.4, -0.2) is 37.0 Å². The molecule has 0 aromatic heterocycles. The van der Waals surface area contributed by atoms with Gasteiger partial charge in [-0.05, 0) is 80.8 Å². The van der Waals surface area contributed by atoms with Crippen LogP contribution in [0.1, 0.15) is 29.2 Å². The van der Waals surface area contributed by atoms with Crippen LogP contribution in [-0.2, 0) is 14.4 Å². The van der Waals surface area contributed by atoms with E-state index in [-0.39, 0.29) is 41.0 Å². The molecule has 1 heterocycles. The molecule has 1 aliphatic rings. The van der Waals surface area contributed by atoms with Crippen LogP contribution in [0, 0.1) is 20.8 Å². The Kier molecular flexibility index (Phi) is 9.00. The molecule has 3 aromatic carbocycles. The Labute approximate surface area is 247 Å². The van der Waals surface area contributed by atoms with Crippen molar-refractivity contribution in [2.75, 3.05) is 23.4 Å². The molecule has 2 N–H and O–H groups in total. The van der Waals surface area contributed by atoms with Crippen LogP contribution >= 0.6 is 23.2 Å². The first-order valence-electron chi connectivity index (χ1n) is 12.6. The number of carbonyl (C=O) groups excluding carboxylic acids is 4. The number of imide groups is 2. The standard InChI is InChI=1S/C30H27Cl2N3O6/c1-5-40-25-13-19(12-22(32)27(25)41-15-26(36)33-23-9-6-16(2)10-18(23)4)11-21-28(37)34-30(39)35(29(21)38)24-14-20(31)8-7-17(24)3/h6-14H,5,15H2,1-4H3,(H,33,36)(H,34,37,39)/b21-11+. The SMILES string of the molecule is CCOc1cc(/C=C2\C(=O)NC(=O)N(c3cc(Cl)ccc3C)C2=O)cc(Cl)c1OCC(=O)Nc1ccc(C)cc1C. The van der Waals surface area contributed by atoms with Gasteiger partial charge in [0, 0.05) is 10.7 Å². The number of nitrogens with one attached hydrogen (secondary N) is 2. The number of benzene rings is 3. The largest absolute Gasteiger partial charge is 0.490 e. The van der Waals surface area contributed by atoms with Crippen LogP contribution in [0.3, 0.4) is 0 Å². The van der Waals surface area contributed by atoms with E-state index in [9.17, 15) is 19.2 Å². The zero-order valence-electron chi connectivity index (χ0n) is 22.8. The van der Waals surface area contributed by atoms with Crippen LogP contribution in [0.25, 0.3) is 6.08 Å². The second-order valence-electron chi connectivity index (χ2n) is 9.31. The smallest absolute Gasteiger partial charge is 0.335 e. The van der Waals surface area contributed by atoms with Crippen molar-refractivity contribution in [2.24, 2.45) is 0 Å². The molecule has 212 valence electrons. The number of nitrogens with zero attached hydrogens (tertiary/aromatic N) is 1. The van der Waals surface area contributed by atoms with Crippen LogP contribution in [0.5, 0.6) is 11.5 Å². The first-order valence-corrected chi connectivity index (χ1v) is 13.4. The first kappa shape index (κ1) is 29.6. The highest BCUT2D eigenvalue weighted by atomic mass is 35.5. The van der Waals surface area contributed by atoms with E-state index in [0.29, 0.717) is 21.8 Å². The number of hydrogen-bond donors (Lipinski definition) is 2. The molecule has 1 fully saturated rings. The Balaban J connectivity index is 1.60. The molecule has 1 aliphatic heterocycles. The number of halogens is 2. The summed E-state index contributed by atoms with van der Waals surface area (Å²) in [6.45, 7) is 7.22. The molecular weight excluding hydrogens is 569 g/mol. The van der Waals surface area contributed by atoms with Gasteiger partial charge in [0.2, 0.25) is 0 Å². The first-order chi connectivity index (χ1) is 19.5. The molecule has 9 nitrogen and oxygen atoms in total. The summed E-state index contributed by atoms with van der Waals surface area (Å²) in [5.74, 6) is -1.77. The second kappa shape index (κ2) is 12.4. The molecule has 0 bridgehead atoms. The third-order valence-electron chi connectivity index (χ3n) is 6.16. The van der Waals surface area contributed by atoms with Gasteiger partial charge in [0.1, 0.15) is 5.57 Å². The van der Waals surface area contributed by atoms with Gasteiger partial charge >= 0.3 is 6.03 Å². The fourth-order valence-electron chi connectivity index (χ4n) is 4.22. The van der Waals surface area contributed by atoms with Crippen molar-refractivity contribution in [1.82, 2.24) is 5.32 Å². The van der Waals surface area contributed by atoms with E-state index in [1.54, 1.807) is 26.0 Å². The Morgan fingerprint density at radius 2 is 1.73 bits per heavy atom. The lowest BCUT2D eigenvalue weighted by Crippen LogP contribution is -2.54. The second-order valence-corrected chi connectivity index (χ2v) is 10.2. The molecule has 0 spiro atoms. The van der Waals surface area contributed by atoms with Crippen molar-refractivity contribution in [3.63, 3.8) is 0 Å². The maximum atomic E-state index is 13.3. The zero-order chi connectivity index (χ0) is 29.8. The van der Waals surface area contributed by atoms with Crippen LogP contribution < -0.4 is 25.0 Å². The fourth-order valence-corrected chi connectivity index (χ4v) is 4.66. The lowest BCUT2D eigenvalue weighted by Gasteiger charge is -2.27. The van der Waals surface area contributed by atoms with Crippen molar-refractivity contribution in [3.05, 3.63) is 86.4 Å². The Morgan fingerprint density at radius 1 is 0.976 bits per heavy atom. The number of hydrogen-bond acceptors (Lipinski definition) is 6. The van der Waals surface area contributed by atoms with Gasteiger partial charge < -0.3 is 14.8 Å². The summed E-state index contributed by atoms with van der Waals surface area (Å²) in [5.41, 5.74) is 3.54. The molecule has 0 aliphatic carbocycles. The summed E-state index contributed by atoms with van der Waals surface area (Å²) >= 11 is 12.6. The minimum absolute atomic E-state index is 0.0874. The van der Waals surface area contributed by atoms with Gasteiger partial charge in [-0.25, -0.2) is 9.69 Å². The molecular formula is C30H27Cl2N3O6. The predicted octanol–water partition coefficient (Wildman–Crippen LogP) is 6.00. The van der Waals surface area contributed by atoms with E-state index in [0.717, 1.165) is 16.0 Å². The van der Waals surface area contributed by atoms with E-state index in [4.69, 9.17) is 32.7 Å². The van der Waals surface area contributed by atoms with Gasteiger partial charge in [0.25, 0.3) is 17.7 Å². The highest BCUT2D eigenvalue weighted by Crippen LogP contribution is 2.38. The number of barbiturate groups is 1. The monoisotopic (exact) mass is 595 g/mol. The summed E-state index contributed by atoms with van der Waals surface area (Å²) < 4.78 is 11.4. The maximum Gasteiger partial charge on any atom is 0.335 e. The fraction of sp³-hybridized carbons (Fsp3) is 0.200. The molecule has 1 saturated heterocycles. The minimum atomic E-state index is -0.890. The molecule has 11 heteroatoms. The maximum absolute atomic E-state index is 13.3. The third-order valence-corrected chi connectivity index (χ3v) is 6.68. The van der Waals surface area contributed by atoms with Gasteiger partial charge in [-0.2, -0.15) is 0 Å². The molecule has 0 radical (unpaired) electrons. The van der Waals surface area contributed by atoms with Gasteiger partial charge in [0.15, 0.2) is 18.1 Å². The third kappa shape index (κ3) is 6.70. The Morgan fingerprint density at radius 3 is 2.44 bits per heavy atom. The molecule has 4 rings (SSSR count). The van der Waals surface area contributed by atoms with Crippen molar-refractivity contribution in [1.29, 1.82) is 0 Å². The highest BCUT2D eigenvalue weighted by Gasteiger charge is 2.37. The van der Waals surface area contributed by atoms with Crippen LogP contribution in [0.2, 0.25) is 10.0 Å². The van der Waals surface area contributed by atoms with Gasteiger partial charge in [-0.1, -0.05) is 47.0 Å². The van der Waals surface area contributed by atoms with Crippen molar-refractivity contribution < 1.29 is 28.7 Å². The molecule has 41 heavy (non-hydrogen) atoms. The van der Waals surface area contributed by atoms with E-state index in [2.05, 4.69) is 10.6 Å². The molecule has 0 unspecified atom stereocenters. The van der Waals surface area contributed by atoms with Gasteiger partial charge in [-0.3, -0.25) is 19.7 Å². The Hall–Kier alpha value is -4.34. The van der Waals surface area contributed by atoms with E-state index in [1.807, 2.05) is 32.0 Å². The molecule has 5 amide bonds. The van der Waals surface area contributed by atoms with Gasteiger partial charge in [0.05, 0.1) is 17.3 Å². The number of carbonyl (C=O) groups is 4. The molecule has 0 atom stereocenters. The molecule has 0 saturated carbocycles. The Bertz CT molecular complexity index is 1600. The topological polar surface area (TPSA) is 114 Å². The lowest BCUT2D eigenvalue weighted by atomic mass is 10.1. The number of amides is 5. The normalized spacial score (nSPS) is 14.2. The highest BCUT2D eigenvalue weighted by molar-refractivity contribution is 6.40. The summed E-state index contributed by atoms with van der Waals surface area (Å²) in [4.78, 5) is 52.0. The summed E-state index contributed by atoms with van der Waals surface area (Å²) in [6, 6.07) is 12.5. The zero-order valence-corrected chi connectivity index (χ0v) is 24.3. The molecule has 3 aromatic rings. The average molecular weight is 596 g/mol. The summed E-state index contributed by atoms with van der Waals surface area (Å²) in [6.07, 6.45) is 1.29. The number of rotatable bonds is 8.